The lowest BCUT2D eigenvalue weighted by atomic mass is 10.0. The fourth-order valence-corrected chi connectivity index (χ4v) is 4.05. The van der Waals surface area contributed by atoms with Crippen molar-refractivity contribution in [1.82, 2.24) is 4.90 Å². The van der Waals surface area contributed by atoms with Crippen molar-refractivity contribution in [3.05, 3.63) is 53.8 Å². The zero-order valence-corrected chi connectivity index (χ0v) is 15.0. The first-order valence-electron chi connectivity index (χ1n) is 7.88. The summed E-state index contributed by atoms with van der Waals surface area (Å²) in [4.78, 5) is 38.1. The van der Waals surface area contributed by atoms with E-state index >= 15 is 0 Å². The molecule has 136 valence electrons. The second kappa shape index (κ2) is 7.35. The highest BCUT2D eigenvalue weighted by molar-refractivity contribution is 8.00. The van der Waals surface area contributed by atoms with Crippen LogP contribution in [0.3, 0.4) is 0 Å². The van der Waals surface area contributed by atoms with Crippen LogP contribution in [0.5, 0.6) is 5.75 Å². The van der Waals surface area contributed by atoms with Gasteiger partial charge < -0.3 is 15.2 Å². The third-order valence-corrected chi connectivity index (χ3v) is 5.52. The molecule has 2 atom stereocenters. The van der Waals surface area contributed by atoms with Gasteiger partial charge in [0.1, 0.15) is 29.5 Å². The zero-order chi connectivity index (χ0) is 18.8. The Balaban J connectivity index is 1.81. The van der Waals surface area contributed by atoms with Crippen molar-refractivity contribution in [1.29, 1.82) is 0 Å². The molecule has 7 nitrogen and oxygen atoms in total. The molecular formula is C18H18N2O5S. The number of thioether (sulfide) groups is 1. The molecule has 0 aliphatic carbocycles. The Kier molecular flexibility index (Phi) is 5.15. The largest absolute Gasteiger partial charge is 0.497 e. The average molecular weight is 374 g/mol. The van der Waals surface area contributed by atoms with Crippen LogP contribution in [-0.2, 0) is 25.7 Å². The number of benzene rings is 1. The van der Waals surface area contributed by atoms with Crippen LogP contribution < -0.4 is 10.5 Å². The molecule has 1 aromatic rings. The van der Waals surface area contributed by atoms with Crippen molar-refractivity contribution in [2.24, 2.45) is 5.73 Å². The Morgan fingerprint density at radius 2 is 2.08 bits per heavy atom. The van der Waals surface area contributed by atoms with Gasteiger partial charge in [0.05, 0.1) is 7.11 Å². The van der Waals surface area contributed by atoms with Crippen LogP contribution in [0.2, 0.25) is 0 Å². The molecule has 0 bridgehead atoms. The highest BCUT2D eigenvalue weighted by atomic mass is 32.2. The predicted molar refractivity (Wildman–Crippen MR) is 96.1 cm³/mol. The number of allylic oxidation sites excluding steroid dienone is 1. The van der Waals surface area contributed by atoms with E-state index in [0.29, 0.717) is 5.75 Å². The van der Waals surface area contributed by atoms with Gasteiger partial charge in [-0.2, -0.15) is 0 Å². The van der Waals surface area contributed by atoms with Crippen LogP contribution in [0.15, 0.2) is 48.2 Å². The number of amides is 1. The van der Waals surface area contributed by atoms with Gasteiger partial charge >= 0.3 is 5.97 Å². The van der Waals surface area contributed by atoms with E-state index in [1.807, 2.05) is 0 Å². The smallest absolute Gasteiger partial charge is 0.355 e. The minimum Gasteiger partial charge on any atom is -0.497 e. The summed E-state index contributed by atoms with van der Waals surface area (Å²) in [5.74, 6) is -0.556. The molecule has 0 spiro atoms. The summed E-state index contributed by atoms with van der Waals surface area (Å²) in [6.45, 7) is 3.46. The topological polar surface area (TPSA) is 98.9 Å². The van der Waals surface area contributed by atoms with Gasteiger partial charge in [-0.3, -0.25) is 14.5 Å². The monoisotopic (exact) mass is 374 g/mol. The Morgan fingerprint density at radius 1 is 1.38 bits per heavy atom. The zero-order valence-electron chi connectivity index (χ0n) is 14.1. The fraction of sp³-hybridized carbons (Fsp3) is 0.278. The van der Waals surface area contributed by atoms with Gasteiger partial charge in [0, 0.05) is 11.3 Å². The molecule has 3 rings (SSSR count). The minimum atomic E-state index is -0.725. The molecule has 1 saturated heterocycles. The standard InChI is InChI=1S/C18H18N2O5S/c1-3-13(21)12-9-26-17-14(19)16(22)20(17)15(12)18(23)25-8-10-4-6-11(24-2)7-5-10/h3-7,14,17H,1,8-9,19H2,2H3/t14?,17-/m0/s1. The third kappa shape index (κ3) is 3.13. The Labute approximate surface area is 154 Å². The maximum atomic E-state index is 12.6. The fourth-order valence-electron chi connectivity index (χ4n) is 2.76. The lowest BCUT2D eigenvalue weighted by Crippen LogP contribution is -2.68. The van der Waals surface area contributed by atoms with Crippen LogP contribution in [0.1, 0.15) is 5.56 Å². The van der Waals surface area contributed by atoms with Crippen LogP contribution in [0.25, 0.3) is 0 Å². The number of esters is 1. The number of nitrogens with two attached hydrogens (primary N) is 1. The first kappa shape index (κ1) is 18.2. The van der Waals surface area contributed by atoms with Gasteiger partial charge in [-0.15, -0.1) is 11.8 Å². The van der Waals surface area contributed by atoms with Crippen molar-refractivity contribution in [2.45, 2.75) is 18.0 Å². The summed E-state index contributed by atoms with van der Waals surface area (Å²) in [6.07, 6.45) is 1.12. The van der Waals surface area contributed by atoms with E-state index in [4.69, 9.17) is 15.2 Å². The maximum Gasteiger partial charge on any atom is 0.355 e. The summed E-state index contributed by atoms with van der Waals surface area (Å²) in [5, 5.41) is -0.354. The Morgan fingerprint density at radius 3 is 2.69 bits per heavy atom. The molecule has 1 unspecified atom stereocenters. The molecule has 2 aliphatic rings. The number of β-lactam (4-membered cyclic amide) rings is 1. The molecule has 2 aliphatic heterocycles. The number of ketones is 1. The van der Waals surface area contributed by atoms with Crippen LogP contribution >= 0.6 is 11.8 Å². The molecule has 26 heavy (non-hydrogen) atoms. The average Bonchev–Trinajstić information content (AvgIpc) is 2.69. The summed E-state index contributed by atoms with van der Waals surface area (Å²) >= 11 is 1.35. The van der Waals surface area contributed by atoms with E-state index in [1.165, 1.54) is 16.7 Å². The number of hydrogen-bond donors (Lipinski definition) is 1. The first-order chi connectivity index (χ1) is 12.5. The highest BCUT2D eigenvalue weighted by Gasteiger charge is 2.52. The number of nitrogens with zero attached hydrogens (tertiary/aromatic N) is 1. The van der Waals surface area contributed by atoms with Gasteiger partial charge in [0.2, 0.25) is 5.91 Å². The quantitative estimate of drug-likeness (QED) is 0.450. The lowest BCUT2D eigenvalue weighted by molar-refractivity contribution is -0.151. The molecular weight excluding hydrogens is 356 g/mol. The van der Waals surface area contributed by atoms with Crippen molar-refractivity contribution >= 4 is 29.4 Å². The minimum absolute atomic E-state index is 0.00772. The molecule has 2 N–H and O–H groups in total. The van der Waals surface area contributed by atoms with E-state index in [2.05, 4.69) is 6.58 Å². The number of carbonyl (C=O) groups is 3. The maximum absolute atomic E-state index is 12.6. The molecule has 1 fully saturated rings. The van der Waals surface area contributed by atoms with E-state index in [9.17, 15) is 14.4 Å². The Hall–Kier alpha value is -2.58. The van der Waals surface area contributed by atoms with Gasteiger partial charge in [0.15, 0.2) is 5.78 Å². The van der Waals surface area contributed by atoms with E-state index < -0.39 is 23.7 Å². The Bertz CT molecular complexity index is 802. The highest BCUT2D eigenvalue weighted by Crippen LogP contribution is 2.40. The number of rotatable bonds is 6. The predicted octanol–water partition coefficient (Wildman–Crippen LogP) is 0.990. The summed E-state index contributed by atoms with van der Waals surface area (Å²) in [7, 11) is 1.56. The van der Waals surface area contributed by atoms with Crippen LogP contribution in [-0.4, -0.2) is 46.8 Å². The van der Waals surface area contributed by atoms with Gasteiger partial charge in [0.25, 0.3) is 0 Å². The van der Waals surface area contributed by atoms with E-state index in [0.717, 1.165) is 11.6 Å². The number of fused-ring (bicyclic) bond motifs is 1. The van der Waals surface area contributed by atoms with Crippen molar-refractivity contribution in [3.8, 4) is 5.75 Å². The second-order valence-electron chi connectivity index (χ2n) is 5.76. The number of hydrogen-bond acceptors (Lipinski definition) is 7. The van der Waals surface area contributed by atoms with Crippen molar-refractivity contribution in [2.75, 3.05) is 12.9 Å². The SMILES string of the molecule is C=CC(=O)C1=C(C(=O)OCc2ccc(OC)cc2)N2C(=O)C(N)[C@@H]2SC1. The van der Waals surface area contributed by atoms with Crippen molar-refractivity contribution in [3.63, 3.8) is 0 Å². The first-order valence-corrected chi connectivity index (χ1v) is 8.93. The molecule has 8 heteroatoms. The number of carbonyl (C=O) groups excluding carboxylic acids is 3. The molecule has 0 radical (unpaired) electrons. The normalized spacial score (nSPS) is 21.6. The second-order valence-corrected chi connectivity index (χ2v) is 6.86. The molecule has 1 aromatic carbocycles. The van der Waals surface area contributed by atoms with Gasteiger partial charge in [-0.05, 0) is 23.8 Å². The molecule has 0 aromatic heterocycles. The summed E-state index contributed by atoms with van der Waals surface area (Å²) in [6, 6.07) is 6.35. The summed E-state index contributed by atoms with van der Waals surface area (Å²) < 4.78 is 10.4. The third-order valence-electron chi connectivity index (χ3n) is 4.21. The van der Waals surface area contributed by atoms with E-state index in [-0.39, 0.29) is 29.0 Å². The lowest BCUT2D eigenvalue weighted by Gasteiger charge is -2.47. The molecule has 2 heterocycles. The summed E-state index contributed by atoms with van der Waals surface area (Å²) in [5.41, 5.74) is 6.72. The number of ether oxygens (including phenoxy) is 2. The van der Waals surface area contributed by atoms with Crippen molar-refractivity contribution < 1.29 is 23.9 Å². The van der Waals surface area contributed by atoms with Gasteiger partial charge in [-0.1, -0.05) is 18.7 Å². The molecule has 0 saturated carbocycles. The molecule has 1 amide bonds. The van der Waals surface area contributed by atoms with Gasteiger partial charge in [-0.25, -0.2) is 4.79 Å². The van der Waals surface area contributed by atoms with Crippen LogP contribution in [0, 0.1) is 0 Å². The van der Waals surface area contributed by atoms with Crippen LogP contribution in [0.4, 0.5) is 0 Å². The van der Waals surface area contributed by atoms with E-state index in [1.54, 1.807) is 31.4 Å². The number of methoxy groups -OCH3 is 1.